The van der Waals surface area contributed by atoms with E-state index in [1.165, 1.54) is 4.90 Å². The molecular weight excluding hydrogens is 372 g/mol. The summed E-state index contributed by atoms with van der Waals surface area (Å²) >= 11 is 3.33. The second kappa shape index (κ2) is 6.97. The Morgan fingerprint density at radius 1 is 0.958 bits per heavy atom. The first-order chi connectivity index (χ1) is 11.6. The zero-order chi connectivity index (χ0) is 17.1. The summed E-state index contributed by atoms with van der Waals surface area (Å²) in [6, 6.07) is 14.0. The van der Waals surface area contributed by atoms with E-state index in [0.29, 0.717) is 23.2 Å². The summed E-state index contributed by atoms with van der Waals surface area (Å²) in [5, 5.41) is 2.79. The molecular formula is C18H15BrN2O3. The van der Waals surface area contributed by atoms with Crippen LogP contribution in [0.2, 0.25) is 0 Å². The summed E-state index contributed by atoms with van der Waals surface area (Å²) in [4.78, 5) is 37.6. The lowest BCUT2D eigenvalue weighted by Crippen LogP contribution is -2.31. The van der Waals surface area contributed by atoms with Crippen molar-refractivity contribution < 1.29 is 14.4 Å². The van der Waals surface area contributed by atoms with Crippen LogP contribution in [-0.4, -0.2) is 29.2 Å². The largest absolute Gasteiger partial charge is 0.326 e. The first kappa shape index (κ1) is 16.4. The molecule has 5 nitrogen and oxygen atoms in total. The molecule has 0 aromatic heterocycles. The van der Waals surface area contributed by atoms with Gasteiger partial charge in [-0.05, 0) is 42.8 Å². The van der Waals surface area contributed by atoms with E-state index in [2.05, 4.69) is 21.2 Å². The maximum absolute atomic E-state index is 12.2. The quantitative estimate of drug-likeness (QED) is 0.800. The Balaban J connectivity index is 1.52. The fourth-order valence-electron chi connectivity index (χ4n) is 2.60. The number of carbonyl (C=O) groups excluding carboxylic acids is 3. The van der Waals surface area contributed by atoms with Gasteiger partial charge in [-0.3, -0.25) is 19.3 Å². The van der Waals surface area contributed by atoms with E-state index in [0.717, 1.165) is 4.47 Å². The molecule has 0 bridgehead atoms. The first-order valence-electron chi connectivity index (χ1n) is 7.57. The predicted octanol–water partition coefficient (Wildman–Crippen LogP) is 3.46. The fourth-order valence-corrected chi connectivity index (χ4v) is 2.86. The molecule has 0 unspecified atom stereocenters. The van der Waals surface area contributed by atoms with Gasteiger partial charge in [0.2, 0.25) is 5.91 Å². The SMILES string of the molecule is O=C(CCCN1C(=O)c2ccccc2C1=O)Nc1ccc(Br)cc1. The minimum atomic E-state index is -0.288. The van der Waals surface area contributed by atoms with Crippen molar-refractivity contribution in [3.05, 3.63) is 64.1 Å². The maximum Gasteiger partial charge on any atom is 0.261 e. The van der Waals surface area contributed by atoms with Crippen molar-refractivity contribution >= 4 is 39.3 Å². The van der Waals surface area contributed by atoms with Gasteiger partial charge in [0.25, 0.3) is 11.8 Å². The van der Waals surface area contributed by atoms with Crippen LogP contribution in [0, 0.1) is 0 Å². The Morgan fingerprint density at radius 2 is 1.54 bits per heavy atom. The number of imide groups is 1. The van der Waals surface area contributed by atoms with Crippen LogP contribution in [0.15, 0.2) is 53.0 Å². The molecule has 0 spiro atoms. The normalized spacial score (nSPS) is 13.1. The molecule has 1 N–H and O–H groups in total. The summed E-state index contributed by atoms with van der Waals surface area (Å²) < 4.78 is 0.936. The average Bonchev–Trinajstić information content (AvgIpc) is 2.82. The highest BCUT2D eigenvalue weighted by Crippen LogP contribution is 2.22. The highest BCUT2D eigenvalue weighted by Gasteiger charge is 2.34. The molecule has 1 aliphatic heterocycles. The lowest BCUT2D eigenvalue weighted by atomic mass is 10.1. The highest BCUT2D eigenvalue weighted by atomic mass is 79.9. The molecule has 2 aromatic carbocycles. The van der Waals surface area contributed by atoms with Gasteiger partial charge in [0, 0.05) is 23.1 Å². The van der Waals surface area contributed by atoms with Crippen molar-refractivity contribution in [1.82, 2.24) is 4.90 Å². The van der Waals surface area contributed by atoms with Crippen LogP contribution in [0.1, 0.15) is 33.6 Å². The highest BCUT2D eigenvalue weighted by molar-refractivity contribution is 9.10. The third kappa shape index (κ3) is 3.38. The number of halogens is 1. The monoisotopic (exact) mass is 386 g/mol. The van der Waals surface area contributed by atoms with Crippen LogP contribution >= 0.6 is 15.9 Å². The number of carbonyl (C=O) groups is 3. The number of hydrogen-bond donors (Lipinski definition) is 1. The molecule has 0 saturated heterocycles. The number of anilines is 1. The first-order valence-corrected chi connectivity index (χ1v) is 8.36. The van der Waals surface area contributed by atoms with Crippen molar-refractivity contribution in [2.45, 2.75) is 12.8 Å². The Labute approximate surface area is 147 Å². The van der Waals surface area contributed by atoms with Crippen LogP contribution in [-0.2, 0) is 4.79 Å². The summed E-state index contributed by atoms with van der Waals surface area (Å²) in [6.07, 6.45) is 0.664. The van der Waals surface area contributed by atoms with Crippen molar-refractivity contribution in [1.29, 1.82) is 0 Å². The molecule has 1 aliphatic rings. The number of nitrogens with one attached hydrogen (secondary N) is 1. The van der Waals surface area contributed by atoms with Gasteiger partial charge >= 0.3 is 0 Å². The number of fused-ring (bicyclic) bond motifs is 1. The van der Waals surface area contributed by atoms with Crippen LogP contribution in [0.4, 0.5) is 5.69 Å². The molecule has 6 heteroatoms. The summed E-state index contributed by atoms with van der Waals surface area (Å²) in [6.45, 7) is 0.236. The third-order valence-electron chi connectivity index (χ3n) is 3.79. The van der Waals surface area contributed by atoms with Crippen molar-refractivity contribution in [3.63, 3.8) is 0 Å². The number of hydrogen-bond acceptors (Lipinski definition) is 3. The Morgan fingerprint density at radius 3 is 2.12 bits per heavy atom. The standard InChI is InChI=1S/C18H15BrN2O3/c19-12-7-9-13(10-8-12)20-16(22)6-3-11-21-17(23)14-4-1-2-5-15(14)18(21)24/h1-2,4-5,7-10H,3,6,11H2,(H,20,22). The van der Waals surface area contributed by atoms with Crippen molar-refractivity contribution in [3.8, 4) is 0 Å². The van der Waals surface area contributed by atoms with Gasteiger partial charge < -0.3 is 5.32 Å². The summed E-state index contributed by atoms with van der Waals surface area (Å²) in [5.74, 6) is -0.721. The Hall–Kier alpha value is -2.47. The zero-order valence-electron chi connectivity index (χ0n) is 12.8. The van der Waals surface area contributed by atoms with Gasteiger partial charge in [-0.2, -0.15) is 0 Å². The molecule has 1 heterocycles. The molecule has 0 atom stereocenters. The topological polar surface area (TPSA) is 66.5 Å². The van der Waals surface area contributed by atoms with Crippen LogP contribution in [0.5, 0.6) is 0 Å². The van der Waals surface area contributed by atoms with Crippen LogP contribution in [0.25, 0.3) is 0 Å². The number of nitrogens with zero attached hydrogens (tertiary/aromatic N) is 1. The molecule has 0 radical (unpaired) electrons. The second-order valence-electron chi connectivity index (χ2n) is 5.47. The zero-order valence-corrected chi connectivity index (χ0v) is 14.4. The van der Waals surface area contributed by atoms with E-state index in [9.17, 15) is 14.4 Å². The van der Waals surface area contributed by atoms with Crippen LogP contribution < -0.4 is 5.32 Å². The van der Waals surface area contributed by atoms with E-state index in [-0.39, 0.29) is 30.7 Å². The van der Waals surface area contributed by atoms with Crippen molar-refractivity contribution in [2.24, 2.45) is 0 Å². The second-order valence-corrected chi connectivity index (χ2v) is 6.38. The van der Waals surface area contributed by atoms with E-state index in [1.807, 2.05) is 12.1 Å². The van der Waals surface area contributed by atoms with E-state index in [1.54, 1.807) is 36.4 Å². The van der Waals surface area contributed by atoms with Gasteiger partial charge in [-0.25, -0.2) is 0 Å². The summed E-state index contributed by atoms with van der Waals surface area (Å²) in [7, 11) is 0. The molecule has 0 fully saturated rings. The number of amides is 3. The van der Waals surface area contributed by atoms with Gasteiger partial charge in [0.1, 0.15) is 0 Å². The smallest absolute Gasteiger partial charge is 0.261 e. The van der Waals surface area contributed by atoms with Gasteiger partial charge in [0.15, 0.2) is 0 Å². The maximum atomic E-state index is 12.2. The number of benzene rings is 2. The molecule has 0 aliphatic carbocycles. The predicted molar refractivity (Wildman–Crippen MR) is 93.8 cm³/mol. The fraction of sp³-hybridized carbons (Fsp3) is 0.167. The van der Waals surface area contributed by atoms with E-state index >= 15 is 0 Å². The average molecular weight is 387 g/mol. The minimum Gasteiger partial charge on any atom is -0.326 e. The molecule has 2 aromatic rings. The Kier molecular flexibility index (Phi) is 4.76. The molecule has 122 valence electrons. The molecule has 0 saturated carbocycles. The van der Waals surface area contributed by atoms with Gasteiger partial charge in [0.05, 0.1) is 11.1 Å². The summed E-state index contributed by atoms with van der Waals surface area (Å²) in [5.41, 5.74) is 1.58. The van der Waals surface area contributed by atoms with Crippen molar-refractivity contribution in [2.75, 3.05) is 11.9 Å². The Bertz CT molecular complexity index is 767. The third-order valence-corrected chi connectivity index (χ3v) is 4.32. The van der Waals surface area contributed by atoms with Gasteiger partial charge in [-0.15, -0.1) is 0 Å². The minimum absolute atomic E-state index is 0.145. The van der Waals surface area contributed by atoms with E-state index < -0.39 is 0 Å². The number of rotatable bonds is 5. The molecule has 3 amide bonds. The molecule has 3 rings (SSSR count). The molecule has 24 heavy (non-hydrogen) atoms. The van der Waals surface area contributed by atoms with Crippen LogP contribution in [0.3, 0.4) is 0 Å². The lowest BCUT2D eigenvalue weighted by molar-refractivity contribution is -0.116. The lowest BCUT2D eigenvalue weighted by Gasteiger charge is -2.13. The van der Waals surface area contributed by atoms with Gasteiger partial charge in [-0.1, -0.05) is 28.1 Å². The van der Waals surface area contributed by atoms with E-state index in [4.69, 9.17) is 0 Å².